The molecule has 0 fully saturated rings. The van der Waals surface area contributed by atoms with Crippen molar-refractivity contribution in [1.82, 2.24) is 5.32 Å². The first kappa shape index (κ1) is 22.9. The maximum absolute atomic E-state index is 13.0. The molecule has 1 atom stereocenters. The minimum atomic E-state index is -4.46. The molecule has 4 rings (SSSR count). The first-order valence-corrected chi connectivity index (χ1v) is 10.1. The molecular formula is C25H18F3NO5. The van der Waals surface area contributed by atoms with E-state index in [1.807, 2.05) is 0 Å². The molecule has 0 saturated carbocycles. The molecular weight excluding hydrogens is 451 g/mol. The van der Waals surface area contributed by atoms with Crippen LogP contribution in [-0.2, 0) is 6.18 Å². The number of nitrogens with one attached hydrogen (secondary N) is 1. The fourth-order valence-corrected chi connectivity index (χ4v) is 3.42. The Labute approximate surface area is 191 Å². The number of ether oxygens (including phenoxy) is 1. The van der Waals surface area contributed by atoms with Crippen LogP contribution >= 0.6 is 0 Å². The van der Waals surface area contributed by atoms with Gasteiger partial charge in [-0.05, 0) is 61.0 Å². The van der Waals surface area contributed by atoms with Crippen LogP contribution in [0.25, 0.3) is 11.0 Å². The Morgan fingerprint density at radius 2 is 1.68 bits per heavy atom. The van der Waals surface area contributed by atoms with Crippen LogP contribution in [0.2, 0.25) is 0 Å². The summed E-state index contributed by atoms with van der Waals surface area (Å²) in [6.07, 6.45) is -3.18. The van der Waals surface area contributed by atoms with Crippen LogP contribution in [-0.4, -0.2) is 17.0 Å². The highest BCUT2D eigenvalue weighted by molar-refractivity contribution is 6.08. The molecule has 6 nitrogen and oxygen atoms in total. The molecule has 0 spiro atoms. The van der Waals surface area contributed by atoms with Crippen LogP contribution in [0.3, 0.4) is 0 Å². The van der Waals surface area contributed by atoms with Crippen LogP contribution in [0.1, 0.15) is 44.8 Å². The lowest BCUT2D eigenvalue weighted by Gasteiger charge is -2.15. The summed E-state index contributed by atoms with van der Waals surface area (Å²) in [4.78, 5) is 24.0. The zero-order valence-electron chi connectivity index (χ0n) is 17.7. The fourth-order valence-electron chi connectivity index (χ4n) is 3.42. The zero-order valence-corrected chi connectivity index (χ0v) is 17.7. The second-order valence-corrected chi connectivity index (χ2v) is 7.53. The van der Waals surface area contributed by atoms with Gasteiger partial charge in [-0.1, -0.05) is 18.2 Å². The maximum Gasteiger partial charge on any atom is 0.416 e. The molecule has 34 heavy (non-hydrogen) atoms. The number of alkyl halides is 3. The van der Waals surface area contributed by atoms with Gasteiger partial charge < -0.3 is 19.6 Å². The zero-order chi connectivity index (χ0) is 24.5. The summed E-state index contributed by atoms with van der Waals surface area (Å²) in [5.41, 5.74) is 0.590. The molecule has 174 valence electrons. The van der Waals surface area contributed by atoms with Crippen molar-refractivity contribution >= 4 is 22.8 Å². The Balaban J connectivity index is 1.57. The smallest absolute Gasteiger partial charge is 0.416 e. The first-order chi connectivity index (χ1) is 16.1. The van der Waals surface area contributed by atoms with E-state index in [1.165, 1.54) is 30.5 Å². The first-order valence-electron chi connectivity index (χ1n) is 10.1. The van der Waals surface area contributed by atoms with Gasteiger partial charge in [0, 0.05) is 0 Å². The Kier molecular flexibility index (Phi) is 6.02. The van der Waals surface area contributed by atoms with Crippen molar-refractivity contribution in [3.8, 4) is 11.5 Å². The summed E-state index contributed by atoms with van der Waals surface area (Å²) in [7, 11) is 0. The van der Waals surface area contributed by atoms with E-state index in [2.05, 4.69) is 5.32 Å². The lowest BCUT2D eigenvalue weighted by atomic mass is 10.1. The molecule has 0 saturated heterocycles. The third-order valence-corrected chi connectivity index (χ3v) is 5.22. The number of carboxylic acids is 1. The van der Waals surface area contributed by atoms with E-state index >= 15 is 0 Å². The largest absolute Gasteiger partial charge is 0.478 e. The van der Waals surface area contributed by atoms with Gasteiger partial charge in [0.05, 0.1) is 28.1 Å². The summed E-state index contributed by atoms with van der Waals surface area (Å²) in [6.45, 7) is 1.75. The lowest BCUT2D eigenvalue weighted by molar-refractivity contribution is -0.137. The van der Waals surface area contributed by atoms with E-state index in [0.29, 0.717) is 16.5 Å². The number of rotatable bonds is 6. The van der Waals surface area contributed by atoms with Crippen molar-refractivity contribution in [3.05, 3.63) is 95.2 Å². The van der Waals surface area contributed by atoms with Gasteiger partial charge in [0.1, 0.15) is 23.3 Å². The highest BCUT2D eigenvalue weighted by Gasteiger charge is 2.30. The van der Waals surface area contributed by atoms with Crippen LogP contribution in [0, 0.1) is 0 Å². The molecule has 9 heteroatoms. The number of carbonyl (C=O) groups excluding carboxylic acids is 1. The summed E-state index contributed by atoms with van der Waals surface area (Å²) >= 11 is 0. The van der Waals surface area contributed by atoms with E-state index in [-0.39, 0.29) is 22.6 Å². The Morgan fingerprint density at radius 3 is 2.29 bits per heavy atom. The highest BCUT2D eigenvalue weighted by atomic mass is 19.4. The molecule has 3 aromatic carbocycles. The van der Waals surface area contributed by atoms with Gasteiger partial charge >= 0.3 is 12.1 Å². The van der Waals surface area contributed by atoms with Crippen LogP contribution in [0.15, 0.2) is 77.4 Å². The van der Waals surface area contributed by atoms with Crippen LogP contribution in [0.5, 0.6) is 11.5 Å². The normalized spacial score (nSPS) is 12.4. The van der Waals surface area contributed by atoms with Gasteiger partial charge in [-0.25, -0.2) is 4.79 Å². The molecule has 1 amide bonds. The Hall–Kier alpha value is -4.27. The number of halogens is 3. The van der Waals surface area contributed by atoms with Crippen LogP contribution in [0.4, 0.5) is 13.2 Å². The number of benzene rings is 3. The van der Waals surface area contributed by atoms with E-state index in [4.69, 9.17) is 14.3 Å². The van der Waals surface area contributed by atoms with Gasteiger partial charge in [-0.2, -0.15) is 13.2 Å². The molecule has 0 bridgehead atoms. The fraction of sp³-hybridized carbons (Fsp3) is 0.120. The quantitative estimate of drug-likeness (QED) is 0.340. The lowest BCUT2D eigenvalue weighted by Crippen LogP contribution is -2.26. The molecule has 2 N–H and O–H groups in total. The summed E-state index contributed by atoms with van der Waals surface area (Å²) in [5, 5.41) is 12.2. The van der Waals surface area contributed by atoms with Gasteiger partial charge in [0.25, 0.3) is 5.91 Å². The maximum atomic E-state index is 13.0. The molecule has 1 aromatic heterocycles. The molecule has 0 radical (unpaired) electrons. The van der Waals surface area contributed by atoms with E-state index in [9.17, 15) is 22.8 Å². The average Bonchev–Trinajstić information content (AvgIpc) is 3.24. The van der Waals surface area contributed by atoms with E-state index in [0.717, 1.165) is 12.1 Å². The average molecular weight is 469 g/mol. The van der Waals surface area contributed by atoms with Crippen molar-refractivity contribution in [2.75, 3.05) is 0 Å². The molecule has 0 aliphatic carbocycles. The minimum Gasteiger partial charge on any atom is -0.478 e. The Morgan fingerprint density at radius 1 is 1.00 bits per heavy atom. The minimum absolute atomic E-state index is 0.133. The predicted molar refractivity (Wildman–Crippen MR) is 117 cm³/mol. The summed E-state index contributed by atoms with van der Waals surface area (Å²) in [5.74, 6) is -1.10. The van der Waals surface area contributed by atoms with E-state index in [1.54, 1.807) is 37.3 Å². The molecule has 0 aliphatic rings. The van der Waals surface area contributed by atoms with Gasteiger partial charge in [-0.15, -0.1) is 0 Å². The van der Waals surface area contributed by atoms with Crippen LogP contribution < -0.4 is 10.1 Å². The molecule has 1 unspecified atom stereocenters. The number of fused-ring (bicyclic) bond motifs is 1. The highest BCUT2D eigenvalue weighted by Crippen LogP contribution is 2.35. The predicted octanol–water partition coefficient (Wildman–Crippen LogP) is 6.43. The third kappa shape index (κ3) is 4.73. The summed E-state index contributed by atoms with van der Waals surface area (Å²) < 4.78 is 49.7. The van der Waals surface area contributed by atoms with Crippen molar-refractivity contribution in [1.29, 1.82) is 0 Å². The number of furan rings is 1. The number of amides is 1. The second kappa shape index (κ2) is 8.93. The molecule has 1 heterocycles. The van der Waals surface area contributed by atoms with E-state index < -0.39 is 29.7 Å². The van der Waals surface area contributed by atoms with Crippen molar-refractivity contribution in [3.63, 3.8) is 0 Å². The monoisotopic (exact) mass is 469 g/mol. The molecule has 4 aromatic rings. The topological polar surface area (TPSA) is 88.8 Å². The van der Waals surface area contributed by atoms with Gasteiger partial charge in [0.15, 0.2) is 0 Å². The standard InChI is InChI=1S/C25H18F3NO5/c1-14(15-5-7-16(8-6-15)24(31)32)29-23(30)19-13-33-20-3-2-4-21(22(19)20)34-18-11-9-17(10-12-18)25(26,27)28/h2-14H,1H3,(H,29,30)(H,31,32). The second-order valence-electron chi connectivity index (χ2n) is 7.53. The number of hydrogen-bond donors (Lipinski definition) is 2. The van der Waals surface area contributed by atoms with Crippen molar-refractivity contribution in [2.24, 2.45) is 0 Å². The number of aromatic carboxylic acids is 1. The third-order valence-electron chi connectivity index (χ3n) is 5.22. The van der Waals surface area contributed by atoms with Crippen molar-refractivity contribution in [2.45, 2.75) is 19.1 Å². The number of carbonyl (C=O) groups is 2. The Bertz CT molecular complexity index is 1340. The van der Waals surface area contributed by atoms with Gasteiger partial charge in [0.2, 0.25) is 0 Å². The summed E-state index contributed by atoms with van der Waals surface area (Å²) in [6, 6.07) is 14.8. The van der Waals surface area contributed by atoms with Gasteiger partial charge in [-0.3, -0.25) is 4.79 Å². The van der Waals surface area contributed by atoms with Crippen molar-refractivity contribution < 1.29 is 37.0 Å². The molecule has 0 aliphatic heterocycles. The SMILES string of the molecule is CC(NC(=O)c1coc2cccc(Oc3ccc(C(F)(F)F)cc3)c12)c1ccc(C(=O)O)cc1. The number of carboxylic acid groups (broad SMARTS) is 1. The number of hydrogen-bond acceptors (Lipinski definition) is 4.